The summed E-state index contributed by atoms with van der Waals surface area (Å²) in [5.74, 6) is 0.868. The van der Waals surface area contributed by atoms with Gasteiger partial charge in [-0.25, -0.2) is 0 Å². The van der Waals surface area contributed by atoms with Gasteiger partial charge in [0.1, 0.15) is 12.4 Å². The molecule has 0 aliphatic rings. The van der Waals surface area contributed by atoms with E-state index in [1.54, 1.807) is 0 Å². The van der Waals surface area contributed by atoms with Crippen LogP contribution in [0.4, 0.5) is 0 Å². The minimum atomic E-state index is 0. The van der Waals surface area contributed by atoms with Crippen LogP contribution in [0.1, 0.15) is 30.9 Å². The maximum atomic E-state index is 6.11. The molecule has 0 unspecified atom stereocenters. The third-order valence-electron chi connectivity index (χ3n) is 3.31. The Balaban J connectivity index is 0.00000242. The van der Waals surface area contributed by atoms with Crippen LogP contribution in [0.25, 0.3) is 0 Å². The first-order valence-corrected chi connectivity index (χ1v) is 7.83. The maximum Gasteiger partial charge on any atom is 0.119 e. The van der Waals surface area contributed by atoms with Crippen molar-refractivity contribution in [2.24, 2.45) is 0 Å². The molecule has 4 heteroatoms. The minimum Gasteiger partial charge on any atom is -0.489 e. The monoisotopic (exact) mass is 339 g/mol. The quantitative estimate of drug-likeness (QED) is 0.664. The molecule has 0 aromatic heterocycles. The molecule has 0 fully saturated rings. The maximum absolute atomic E-state index is 6.11. The summed E-state index contributed by atoms with van der Waals surface area (Å²) in [5, 5.41) is 4.17. The van der Waals surface area contributed by atoms with Gasteiger partial charge in [0.2, 0.25) is 0 Å². The SMILES string of the molecule is CCCCNCc1ccc(OCc2ccccc2Cl)cc1.Cl. The van der Waals surface area contributed by atoms with Crippen LogP contribution in [0.15, 0.2) is 48.5 Å². The van der Waals surface area contributed by atoms with E-state index >= 15 is 0 Å². The molecule has 2 nitrogen and oxygen atoms in total. The Kier molecular flexibility index (Phi) is 8.98. The molecule has 22 heavy (non-hydrogen) atoms. The third-order valence-corrected chi connectivity index (χ3v) is 3.68. The van der Waals surface area contributed by atoms with E-state index in [2.05, 4.69) is 24.4 Å². The van der Waals surface area contributed by atoms with Gasteiger partial charge in [-0.2, -0.15) is 0 Å². The number of ether oxygens (including phenoxy) is 1. The van der Waals surface area contributed by atoms with E-state index in [1.165, 1.54) is 18.4 Å². The summed E-state index contributed by atoms with van der Waals surface area (Å²) >= 11 is 6.11. The van der Waals surface area contributed by atoms with Crippen LogP contribution in [0.5, 0.6) is 5.75 Å². The summed E-state index contributed by atoms with van der Waals surface area (Å²) in [6.45, 7) is 4.67. The van der Waals surface area contributed by atoms with Crippen molar-refractivity contribution in [1.82, 2.24) is 5.32 Å². The van der Waals surface area contributed by atoms with Crippen LogP contribution in [0.3, 0.4) is 0 Å². The molecule has 0 saturated carbocycles. The molecule has 0 bridgehead atoms. The molecule has 2 aromatic carbocycles. The first-order chi connectivity index (χ1) is 10.3. The first kappa shape index (κ1) is 18.8. The Morgan fingerprint density at radius 1 is 1.05 bits per heavy atom. The molecule has 0 amide bonds. The van der Waals surface area contributed by atoms with Gasteiger partial charge in [0.15, 0.2) is 0 Å². The highest BCUT2D eigenvalue weighted by Gasteiger charge is 2.00. The molecule has 2 aromatic rings. The molecule has 0 saturated heterocycles. The number of rotatable bonds is 8. The Bertz CT molecular complexity index is 543. The average Bonchev–Trinajstić information content (AvgIpc) is 2.52. The van der Waals surface area contributed by atoms with E-state index in [0.29, 0.717) is 6.61 Å². The fraction of sp³-hybridized carbons (Fsp3) is 0.333. The van der Waals surface area contributed by atoms with Crippen molar-refractivity contribution < 1.29 is 4.74 Å². The number of benzene rings is 2. The molecular formula is C18H23Cl2NO. The Hall–Kier alpha value is -1.22. The summed E-state index contributed by atoms with van der Waals surface area (Å²) in [4.78, 5) is 0. The zero-order valence-corrected chi connectivity index (χ0v) is 14.4. The van der Waals surface area contributed by atoms with Gasteiger partial charge in [-0.1, -0.05) is 55.3 Å². The molecule has 0 aliphatic heterocycles. The van der Waals surface area contributed by atoms with Gasteiger partial charge in [-0.05, 0) is 36.7 Å². The second-order valence-corrected chi connectivity index (χ2v) is 5.46. The van der Waals surface area contributed by atoms with Crippen LogP contribution in [0.2, 0.25) is 5.02 Å². The van der Waals surface area contributed by atoms with Crippen LogP contribution in [-0.2, 0) is 13.2 Å². The van der Waals surface area contributed by atoms with Gasteiger partial charge in [0.05, 0.1) is 0 Å². The third kappa shape index (κ3) is 6.27. The average molecular weight is 340 g/mol. The number of unbranched alkanes of at least 4 members (excludes halogenated alkanes) is 1. The molecule has 120 valence electrons. The second kappa shape index (κ2) is 10.5. The number of nitrogens with one attached hydrogen (secondary N) is 1. The normalized spacial score (nSPS) is 10.1. The molecule has 1 N–H and O–H groups in total. The lowest BCUT2D eigenvalue weighted by atomic mass is 10.2. The highest BCUT2D eigenvalue weighted by molar-refractivity contribution is 6.31. The largest absolute Gasteiger partial charge is 0.489 e. The number of hydrogen-bond acceptors (Lipinski definition) is 2. The summed E-state index contributed by atoms with van der Waals surface area (Å²) < 4.78 is 5.77. The summed E-state index contributed by atoms with van der Waals surface area (Å²) in [7, 11) is 0. The highest BCUT2D eigenvalue weighted by atomic mass is 35.5. The lowest BCUT2D eigenvalue weighted by Gasteiger charge is -2.09. The standard InChI is InChI=1S/C18H22ClNO.ClH/c1-2-3-12-20-13-15-8-10-17(11-9-15)21-14-16-6-4-5-7-18(16)19;/h4-11,20H,2-3,12-14H2,1H3;1H. The van der Waals surface area contributed by atoms with E-state index in [4.69, 9.17) is 16.3 Å². The summed E-state index contributed by atoms with van der Waals surface area (Å²) in [5.41, 5.74) is 2.28. The Morgan fingerprint density at radius 2 is 1.77 bits per heavy atom. The molecule has 0 spiro atoms. The van der Waals surface area contributed by atoms with Crippen molar-refractivity contribution >= 4 is 24.0 Å². The van der Waals surface area contributed by atoms with E-state index in [-0.39, 0.29) is 12.4 Å². The topological polar surface area (TPSA) is 21.3 Å². The van der Waals surface area contributed by atoms with Crippen LogP contribution >= 0.6 is 24.0 Å². The smallest absolute Gasteiger partial charge is 0.119 e. The molecule has 0 atom stereocenters. The van der Waals surface area contributed by atoms with Crippen LogP contribution in [-0.4, -0.2) is 6.54 Å². The molecule has 0 aliphatic carbocycles. The predicted octanol–water partition coefficient (Wildman–Crippen LogP) is 5.23. The second-order valence-electron chi connectivity index (χ2n) is 5.05. The fourth-order valence-corrected chi connectivity index (χ4v) is 2.20. The van der Waals surface area contributed by atoms with Gasteiger partial charge in [-0.15, -0.1) is 12.4 Å². The Morgan fingerprint density at radius 3 is 2.45 bits per heavy atom. The van der Waals surface area contributed by atoms with E-state index < -0.39 is 0 Å². The van der Waals surface area contributed by atoms with Crippen molar-refractivity contribution in [3.05, 3.63) is 64.7 Å². The zero-order valence-electron chi connectivity index (χ0n) is 12.8. The van der Waals surface area contributed by atoms with Gasteiger partial charge in [0.25, 0.3) is 0 Å². The first-order valence-electron chi connectivity index (χ1n) is 7.45. The number of halogens is 2. The van der Waals surface area contributed by atoms with Crippen molar-refractivity contribution in [3.8, 4) is 5.75 Å². The molecule has 2 rings (SSSR count). The molecule has 0 radical (unpaired) electrons. The summed E-state index contributed by atoms with van der Waals surface area (Å²) in [6, 6.07) is 16.0. The van der Waals surface area contributed by atoms with Crippen molar-refractivity contribution in [2.45, 2.75) is 32.9 Å². The van der Waals surface area contributed by atoms with Gasteiger partial charge in [-0.3, -0.25) is 0 Å². The van der Waals surface area contributed by atoms with Gasteiger partial charge < -0.3 is 10.1 Å². The van der Waals surface area contributed by atoms with E-state index in [0.717, 1.165) is 29.4 Å². The van der Waals surface area contributed by atoms with Crippen molar-refractivity contribution in [1.29, 1.82) is 0 Å². The summed E-state index contributed by atoms with van der Waals surface area (Å²) in [6.07, 6.45) is 2.45. The van der Waals surface area contributed by atoms with Crippen molar-refractivity contribution in [2.75, 3.05) is 6.54 Å². The van der Waals surface area contributed by atoms with Crippen LogP contribution in [0, 0.1) is 0 Å². The molecule has 0 heterocycles. The number of hydrogen-bond donors (Lipinski definition) is 1. The van der Waals surface area contributed by atoms with Gasteiger partial charge >= 0.3 is 0 Å². The minimum absolute atomic E-state index is 0. The van der Waals surface area contributed by atoms with Crippen molar-refractivity contribution in [3.63, 3.8) is 0 Å². The predicted molar refractivity (Wildman–Crippen MR) is 96.1 cm³/mol. The Labute approximate surface area is 144 Å². The van der Waals surface area contributed by atoms with Crippen LogP contribution < -0.4 is 10.1 Å². The van der Waals surface area contributed by atoms with E-state index in [9.17, 15) is 0 Å². The fourth-order valence-electron chi connectivity index (χ4n) is 2.01. The zero-order chi connectivity index (χ0) is 14.9. The lowest BCUT2D eigenvalue weighted by molar-refractivity contribution is 0.306. The molecular weight excluding hydrogens is 317 g/mol. The van der Waals surface area contributed by atoms with E-state index in [1.807, 2.05) is 36.4 Å². The van der Waals surface area contributed by atoms with Gasteiger partial charge in [0, 0.05) is 17.1 Å². The lowest BCUT2D eigenvalue weighted by Crippen LogP contribution is -2.14. The highest BCUT2D eigenvalue weighted by Crippen LogP contribution is 2.18.